The first kappa shape index (κ1) is 37.9. The number of hydrogen-bond donors (Lipinski definition) is 6. The Kier molecular flexibility index (Phi) is 17.4. The van der Waals surface area contributed by atoms with Crippen LogP contribution in [0.2, 0.25) is 0 Å². The number of anilines is 2. The summed E-state index contributed by atoms with van der Waals surface area (Å²) in [6.07, 6.45) is 7.88. The van der Waals surface area contributed by atoms with Gasteiger partial charge >= 0.3 is 6.09 Å². The summed E-state index contributed by atoms with van der Waals surface area (Å²) in [6.45, 7) is 2.35. The molecule has 2 unspecified atom stereocenters. The maximum Gasteiger partial charge on any atom is 0.411 e. The van der Waals surface area contributed by atoms with E-state index in [4.69, 9.17) is 51.4 Å². The topological polar surface area (TPSA) is 170 Å². The average Bonchev–Trinajstić information content (AvgIpc) is 3.07. The number of isocyanates is 1. The third kappa shape index (κ3) is 15.8. The Hall–Kier alpha value is -4.55. The summed E-state index contributed by atoms with van der Waals surface area (Å²) in [5, 5.41) is 28.8. The highest BCUT2D eigenvalue weighted by Crippen LogP contribution is 2.19. The molecule has 16 heteroatoms. The molecule has 256 valence electrons. The summed E-state index contributed by atoms with van der Waals surface area (Å²) >= 11 is 16.2. The number of hydrogen-bond acceptors (Lipinski definition) is 10. The van der Waals surface area contributed by atoms with Gasteiger partial charge in [-0.3, -0.25) is 5.32 Å². The molecule has 48 heavy (non-hydrogen) atoms. The zero-order valence-electron chi connectivity index (χ0n) is 26.4. The van der Waals surface area contributed by atoms with Crippen molar-refractivity contribution in [3.05, 3.63) is 59.7 Å². The van der Waals surface area contributed by atoms with E-state index in [-0.39, 0.29) is 30.5 Å². The smallest absolute Gasteiger partial charge is 0.411 e. The van der Waals surface area contributed by atoms with Crippen molar-refractivity contribution in [1.82, 2.24) is 21.3 Å². The molecular formula is C32H40N8O5S3. The van der Waals surface area contributed by atoms with Crippen LogP contribution >= 0.6 is 36.7 Å². The Morgan fingerprint density at radius 3 is 1.98 bits per heavy atom. The van der Waals surface area contributed by atoms with Crippen molar-refractivity contribution in [2.45, 2.75) is 63.8 Å². The van der Waals surface area contributed by atoms with Gasteiger partial charge < -0.3 is 40.8 Å². The summed E-state index contributed by atoms with van der Waals surface area (Å²) in [5.41, 5.74) is 3.10. The van der Waals surface area contributed by atoms with Gasteiger partial charge in [-0.25, -0.2) is 14.6 Å². The minimum absolute atomic E-state index is 0.185. The normalized spacial score (nSPS) is 14.9. The molecule has 0 radical (unpaired) electrons. The number of amides is 1. The fraction of sp³-hybridized carbons (Fsp3) is 0.438. The van der Waals surface area contributed by atoms with E-state index >= 15 is 0 Å². The zero-order valence-corrected chi connectivity index (χ0v) is 28.9. The van der Waals surface area contributed by atoms with Gasteiger partial charge in [0.25, 0.3) is 11.4 Å². The highest BCUT2D eigenvalue weighted by molar-refractivity contribution is 7.80. The van der Waals surface area contributed by atoms with Gasteiger partial charge in [-0.15, -0.1) is 0 Å². The number of nitrogens with zero attached hydrogens (tertiary/aromatic N) is 2. The van der Waals surface area contributed by atoms with E-state index in [0.29, 0.717) is 55.0 Å². The lowest BCUT2D eigenvalue weighted by molar-refractivity contribution is 0.160. The molecule has 13 nitrogen and oxygen atoms in total. The van der Waals surface area contributed by atoms with Crippen LogP contribution in [0.3, 0.4) is 0 Å². The van der Waals surface area contributed by atoms with Crippen LogP contribution in [0.15, 0.2) is 53.5 Å². The maximum absolute atomic E-state index is 12.0. The minimum Gasteiger partial charge on any atom is -0.471 e. The third-order valence-electron chi connectivity index (χ3n) is 7.05. The Bertz CT molecular complexity index is 1430. The first-order valence-corrected chi connectivity index (χ1v) is 16.8. The van der Waals surface area contributed by atoms with Crippen LogP contribution < -0.4 is 31.9 Å². The molecule has 0 bridgehead atoms. The Morgan fingerprint density at radius 2 is 1.40 bits per heavy atom. The van der Waals surface area contributed by atoms with E-state index in [9.17, 15) is 9.59 Å². The number of thiocarbonyl (C=S) groups is 3. The first-order valence-electron chi connectivity index (χ1n) is 15.5. The highest BCUT2D eigenvalue weighted by atomic mass is 32.1. The lowest BCUT2D eigenvalue weighted by Crippen LogP contribution is -2.50. The second kappa shape index (κ2) is 22.1. The Balaban J connectivity index is 1.20. The van der Waals surface area contributed by atoms with Crippen LogP contribution in [0.5, 0.6) is 0 Å². The first-order chi connectivity index (χ1) is 23.3. The van der Waals surface area contributed by atoms with Crippen LogP contribution in [-0.2, 0) is 32.2 Å². The van der Waals surface area contributed by atoms with E-state index < -0.39 is 6.09 Å². The molecule has 0 aliphatic heterocycles. The SMILES string of the molecule is N#COCc1ccc(NC(=O)OCCCNC(=S)NC2CCCC(NC(=S)NCCCOC(=S)Nc3ccc(CN=C=O)cc3)C2)cc1. The van der Waals surface area contributed by atoms with Gasteiger partial charge in [0.05, 0.1) is 19.8 Å². The van der Waals surface area contributed by atoms with E-state index in [1.165, 1.54) is 6.08 Å². The number of nitriles is 1. The Morgan fingerprint density at radius 1 is 0.833 bits per heavy atom. The zero-order chi connectivity index (χ0) is 34.4. The molecule has 2 atom stereocenters. The van der Waals surface area contributed by atoms with Crippen LogP contribution in [0.25, 0.3) is 0 Å². The molecule has 2 aromatic carbocycles. The van der Waals surface area contributed by atoms with Crippen molar-refractivity contribution in [1.29, 1.82) is 5.26 Å². The number of benzene rings is 2. The predicted molar refractivity (Wildman–Crippen MR) is 195 cm³/mol. The lowest BCUT2D eigenvalue weighted by atomic mass is 9.91. The lowest BCUT2D eigenvalue weighted by Gasteiger charge is -2.32. The van der Waals surface area contributed by atoms with Crippen LogP contribution in [0.1, 0.15) is 49.7 Å². The quantitative estimate of drug-likeness (QED) is 0.0473. The van der Waals surface area contributed by atoms with Crippen molar-refractivity contribution in [3.63, 3.8) is 0 Å². The maximum atomic E-state index is 12.0. The van der Waals surface area contributed by atoms with Gasteiger partial charge in [0.1, 0.15) is 6.61 Å². The van der Waals surface area contributed by atoms with E-state index in [2.05, 4.69) is 41.6 Å². The molecule has 1 fully saturated rings. The molecular weight excluding hydrogens is 673 g/mol. The van der Waals surface area contributed by atoms with Gasteiger partial charge in [0.2, 0.25) is 6.08 Å². The monoisotopic (exact) mass is 712 g/mol. The summed E-state index contributed by atoms with van der Waals surface area (Å²) in [5.74, 6) is 0. The molecule has 1 aliphatic rings. The average molecular weight is 713 g/mol. The van der Waals surface area contributed by atoms with E-state index in [1.54, 1.807) is 30.5 Å². The van der Waals surface area contributed by atoms with Crippen molar-refractivity contribution in [2.75, 3.05) is 36.9 Å². The van der Waals surface area contributed by atoms with Crippen LogP contribution in [0.4, 0.5) is 16.2 Å². The number of carbonyl (C=O) groups is 1. The number of ether oxygens (including phenoxy) is 3. The minimum atomic E-state index is -0.543. The fourth-order valence-electron chi connectivity index (χ4n) is 4.73. The number of aliphatic imine (C=N–C) groups is 1. The van der Waals surface area contributed by atoms with Gasteiger partial charge in [0, 0.05) is 36.5 Å². The van der Waals surface area contributed by atoms with Gasteiger partial charge in [-0.05, 0) is 111 Å². The second-order valence-electron chi connectivity index (χ2n) is 10.8. The molecule has 1 saturated carbocycles. The molecule has 0 aromatic heterocycles. The molecule has 3 rings (SSSR count). The van der Waals surface area contributed by atoms with Crippen molar-refractivity contribution < 1.29 is 23.8 Å². The summed E-state index contributed by atoms with van der Waals surface area (Å²) in [7, 11) is 0. The van der Waals surface area contributed by atoms with E-state index in [0.717, 1.165) is 42.5 Å². The largest absolute Gasteiger partial charge is 0.471 e. The number of carbonyl (C=O) groups excluding carboxylic acids is 2. The second-order valence-corrected chi connectivity index (χ2v) is 12.0. The molecule has 0 saturated heterocycles. The van der Waals surface area contributed by atoms with E-state index in [1.807, 2.05) is 24.3 Å². The third-order valence-corrected chi connectivity index (χ3v) is 7.80. The van der Waals surface area contributed by atoms with Crippen LogP contribution in [-0.4, -0.2) is 66.0 Å². The van der Waals surface area contributed by atoms with Gasteiger partial charge in [0.15, 0.2) is 10.2 Å². The predicted octanol–water partition coefficient (Wildman–Crippen LogP) is 4.50. The number of nitrogens with one attached hydrogen (secondary N) is 6. The molecule has 0 spiro atoms. The number of rotatable bonds is 16. The molecule has 1 amide bonds. The van der Waals surface area contributed by atoms with Gasteiger partial charge in [-0.2, -0.15) is 5.26 Å². The Labute approximate surface area is 296 Å². The van der Waals surface area contributed by atoms with Crippen LogP contribution in [0, 0.1) is 11.5 Å². The molecule has 6 N–H and O–H groups in total. The summed E-state index contributed by atoms with van der Waals surface area (Å²) in [6, 6.07) is 14.8. The van der Waals surface area contributed by atoms with Gasteiger partial charge in [-0.1, -0.05) is 24.3 Å². The molecule has 1 aliphatic carbocycles. The standard InChI is InChI=1S/C32H40N8O5S3/c33-21-43-20-24-8-12-25(13-9-24)39-31(42)44-16-2-14-35-29(46)37-27-4-1-5-28(18-27)38-30(47)36-15-3-17-45-32(48)40-26-10-6-23(7-11-26)19-34-22-41/h6-13,27-28H,1-5,14-20H2,(H,39,42)(H,40,48)(H2,35,37,46)(H2,36,38,47). The van der Waals surface area contributed by atoms with Crippen molar-refractivity contribution in [3.8, 4) is 6.26 Å². The van der Waals surface area contributed by atoms with Crippen molar-refractivity contribution >= 4 is 75.6 Å². The van der Waals surface area contributed by atoms with Crippen molar-refractivity contribution in [2.24, 2.45) is 4.99 Å². The molecule has 2 aromatic rings. The highest BCUT2D eigenvalue weighted by Gasteiger charge is 2.23. The summed E-state index contributed by atoms with van der Waals surface area (Å²) < 4.78 is 15.5. The summed E-state index contributed by atoms with van der Waals surface area (Å²) in [4.78, 5) is 25.8. The molecule has 0 heterocycles. The fourth-order valence-corrected chi connectivity index (χ4v) is 5.47.